The topological polar surface area (TPSA) is 87.8 Å². The normalized spacial score (nSPS) is 16.3. The van der Waals surface area contributed by atoms with E-state index >= 15 is 0 Å². The first-order valence-electron chi connectivity index (χ1n) is 10.9. The second kappa shape index (κ2) is 6.79. The molecule has 2 aromatic heterocycles. The van der Waals surface area contributed by atoms with E-state index in [1.165, 1.54) is 12.0 Å². The van der Waals surface area contributed by atoms with Crippen molar-refractivity contribution in [1.82, 2.24) is 15.2 Å². The zero-order valence-corrected chi connectivity index (χ0v) is 17.2. The Bertz CT molecular complexity index is 1270. The number of aryl methyl sites for hydroxylation is 1. The molecule has 0 saturated heterocycles. The summed E-state index contributed by atoms with van der Waals surface area (Å²) in [5.74, 6) is 0.160. The molecule has 6 rings (SSSR count). The monoisotopic (exact) mass is 408 g/mol. The minimum absolute atomic E-state index is 0.160. The molecule has 0 radical (unpaired) electrons. The molecule has 4 aromatic rings. The fourth-order valence-electron chi connectivity index (χ4n) is 4.87. The lowest BCUT2D eigenvalue weighted by Gasteiger charge is -2.38. The predicted octanol–water partition coefficient (Wildman–Crippen LogP) is 4.95. The molecule has 2 heterocycles. The molecule has 2 aliphatic rings. The smallest absolute Gasteiger partial charge is 0.210 e. The van der Waals surface area contributed by atoms with Gasteiger partial charge in [-0.15, -0.1) is 0 Å². The first kappa shape index (κ1) is 18.3. The fourth-order valence-corrected chi connectivity index (χ4v) is 4.87. The van der Waals surface area contributed by atoms with Crippen molar-refractivity contribution in [1.29, 1.82) is 0 Å². The van der Waals surface area contributed by atoms with E-state index in [9.17, 15) is 5.11 Å². The summed E-state index contributed by atoms with van der Waals surface area (Å²) in [5, 5.41) is 17.2. The number of fused-ring (bicyclic) bond motifs is 3. The molecule has 154 valence electrons. The number of nitrogens with one attached hydrogen (secondary N) is 1. The van der Waals surface area contributed by atoms with Gasteiger partial charge in [-0.05, 0) is 49.3 Å². The van der Waals surface area contributed by atoms with Crippen LogP contribution in [-0.4, -0.2) is 20.3 Å². The van der Waals surface area contributed by atoms with Crippen molar-refractivity contribution in [3.63, 3.8) is 0 Å². The molecule has 4 N–H and O–H groups in total. The van der Waals surface area contributed by atoms with Crippen LogP contribution in [0.4, 0.5) is 0 Å². The molecule has 0 aliphatic heterocycles. The van der Waals surface area contributed by atoms with Crippen LogP contribution < -0.4 is 5.73 Å². The number of benzene rings is 2. The molecular weight excluding hydrogens is 384 g/mol. The van der Waals surface area contributed by atoms with E-state index in [0.717, 1.165) is 70.6 Å². The molecule has 2 aromatic carbocycles. The third-order valence-corrected chi connectivity index (χ3v) is 6.88. The van der Waals surface area contributed by atoms with Crippen LogP contribution in [0, 0.1) is 0 Å². The summed E-state index contributed by atoms with van der Waals surface area (Å²) in [6.45, 7) is 0. The third kappa shape index (κ3) is 2.88. The van der Waals surface area contributed by atoms with Crippen molar-refractivity contribution in [2.75, 3.05) is 0 Å². The van der Waals surface area contributed by atoms with E-state index in [0.29, 0.717) is 0 Å². The number of aromatic nitrogens is 3. The minimum atomic E-state index is -0.164. The molecule has 0 unspecified atom stereocenters. The Balaban J connectivity index is 1.52. The average Bonchev–Trinajstić information content (AvgIpc) is 3.18. The van der Waals surface area contributed by atoms with Gasteiger partial charge in [0.15, 0.2) is 0 Å². The van der Waals surface area contributed by atoms with Gasteiger partial charge in [0.05, 0.1) is 11.4 Å². The van der Waals surface area contributed by atoms with E-state index in [2.05, 4.69) is 52.7 Å². The van der Waals surface area contributed by atoms with E-state index in [1.807, 2.05) is 18.2 Å². The molecule has 5 heteroatoms. The van der Waals surface area contributed by atoms with Crippen molar-refractivity contribution in [3.05, 3.63) is 77.5 Å². The average molecular weight is 409 g/mol. The summed E-state index contributed by atoms with van der Waals surface area (Å²) in [7, 11) is 0. The SMILES string of the molecule is NC1(c2ccc(-c3nc4c(cc3-c3ccccc3)-c3n[nH]c(O)c3CC4)cc2)CCC1. The molecule has 31 heavy (non-hydrogen) atoms. The number of rotatable bonds is 3. The highest BCUT2D eigenvalue weighted by Crippen LogP contribution is 2.42. The highest BCUT2D eigenvalue weighted by atomic mass is 16.3. The van der Waals surface area contributed by atoms with Gasteiger partial charge in [0.2, 0.25) is 5.88 Å². The largest absolute Gasteiger partial charge is 0.493 e. The molecule has 0 bridgehead atoms. The first-order chi connectivity index (χ1) is 15.1. The van der Waals surface area contributed by atoms with Gasteiger partial charge < -0.3 is 10.8 Å². The molecule has 0 spiro atoms. The van der Waals surface area contributed by atoms with Crippen LogP contribution >= 0.6 is 0 Å². The highest BCUT2D eigenvalue weighted by molar-refractivity contribution is 5.86. The van der Waals surface area contributed by atoms with Crippen molar-refractivity contribution in [3.8, 4) is 39.5 Å². The van der Waals surface area contributed by atoms with Crippen LogP contribution in [0.1, 0.15) is 36.1 Å². The number of hydrogen-bond acceptors (Lipinski definition) is 4. The van der Waals surface area contributed by atoms with Gasteiger partial charge in [-0.1, -0.05) is 54.6 Å². The van der Waals surface area contributed by atoms with Crippen LogP contribution in [0.15, 0.2) is 60.7 Å². The Morgan fingerprint density at radius 2 is 1.65 bits per heavy atom. The van der Waals surface area contributed by atoms with Gasteiger partial charge in [0, 0.05) is 27.8 Å². The number of nitrogens with two attached hydrogens (primary N) is 1. The number of nitrogens with zero attached hydrogens (tertiary/aromatic N) is 2. The van der Waals surface area contributed by atoms with Crippen molar-refractivity contribution in [2.45, 2.75) is 37.6 Å². The van der Waals surface area contributed by atoms with Gasteiger partial charge >= 0.3 is 0 Å². The highest BCUT2D eigenvalue weighted by Gasteiger charge is 2.34. The summed E-state index contributed by atoms with van der Waals surface area (Å²) in [6, 6.07) is 21.1. The zero-order valence-electron chi connectivity index (χ0n) is 17.2. The molecule has 0 amide bonds. The maximum atomic E-state index is 10.1. The van der Waals surface area contributed by atoms with Crippen molar-refractivity contribution < 1.29 is 5.11 Å². The lowest BCUT2D eigenvalue weighted by atomic mass is 9.72. The lowest BCUT2D eigenvalue weighted by molar-refractivity contribution is 0.253. The summed E-state index contributed by atoms with van der Waals surface area (Å²) >= 11 is 0. The number of aromatic amines is 1. The second-order valence-corrected chi connectivity index (χ2v) is 8.73. The fraction of sp³-hybridized carbons (Fsp3) is 0.231. The molecule has 2 aliphatic carbocycles. The van der Waals surface area contributed by atoms with Crippen LogP contribution in [-0.2, 0) is 18.4 Å². The van der Waals surface area contributed by atoms with Crippen molar-refractivity contribution in [2.24, 2.45) is 5.73 Å². The quantitative estimate of drug-likeness (QED) is 0.448. The molecule has 1 saturated carbocycles. The second-order valence-electron chi connectivity index (χ2n) is 8.73. The van der Waals surface area contributed by atoms with E-state index in [1.54, 1.807) is 0 Å². The van der Waals surface area contributed by atoms with Gasteiger partial charge in [0.25, 0.3) is 0 Å². The third-order valence-electron chi connectivity index (χ3n) is 6.88. The maximum Gasteiger partial charge on any atom is 0.210 e. The molecular formula is C26H24N4O. The van der Waals surface area contributed by atoms with Gasteiger partial charge in [-0.2, -0.15) is 5.10 Å². The summed E-state index contributed by atoms with van der Waals surface area (Å²) in [5.41, 5.74) is 15.5. The Kier molecular flexibility index (Phi) is 4.02. The number of H-pyrrole nitrogens is 1. The Hall–Kier alpha value is -3.44. The maximum absolute atomic E-state index is 10.1. The number of hydrogen-bond donors (Lipinski definition) is 3. The lowest BCUT2D eigenvalue weighted by Crippen LogP contribution is -2.43. The van der Waals surface area contributed by atoms with Gasteiger partial charge in [-0.3, -0.25) is 4.98 Å². The molecule has 1 fully saturated rings. The number of aromatic hydroxyl groups is 1. The van der Waals surface area contributed by atoms with Crippen LogP contribution in [0.25, 0.3) is 33.6 Å². The molecule has 0 atom stereocenters. The van der Waals surface area contributed by atoms with Gasteiger partial charge in [0.1, 0.15) is 5.69 Å². The Labute approximate surface area is 181 Å². The molecule has 5 nitrogen and oxygen atoms in total. The summed E-state index contributed by atoms with van der Waals surface area (Å²) in [6.07, 6.45) is 4.82. The van der Waals surface area contributed by atoms with Gasteiger partial charge in [-0.25, -0.2) is 5.10 Å². The van der Waals surface area contributed by atoms with Crippen molar-refractivity contribution >= 4 is 0 Å². The van der Waals surface area contributed by atoms with Crippen LogP contribution in [0.2, 0.25) is 0 Å². The number of pyridine rings is 1. The minimum Gasteiger partial charge on any atom is -0.493 e. The Morgan fingerprint density at radius 3 is 2.35 bits per heavy atom. The predicted molar refractivity (Wildman–Crippen MR) is 121 cm³/mol. The first-order valence-corrected chi connectivity index (χ1v) is 10.9. The van der Waals surface area contributed by atoms with Crippen LogP contribution in [0.5, 0.6) is 5.88 Å². The van der Waals surface area contributed by atoms with Crippen LogP contribution in [0.3, 0.4) is 0 Å². The van der Waals surface area contributed by atoms with E-state index < -0.39 is 0 Å². The van der Waals surface area contributed by atoms with E-state index in [-0.39, 0.29) is 11.4 Å². The standard InChI is InChI=1S/C26H24N4O/c27-26(13-4-14-26)18-9-7-17(8-10-18)23-20(16-5-2-1-3-6-16)15-21-22(28-23)12-11-19-24(21)29-30-25(19)31/h1-3,5-10,15H,4,11-14,27H2,(H2,29,30,31). The Morgan fingerprint density at radius 1 is 0.871 bits per heavy atom. The van der Waals surface area contributed by atoms with E-state index in [4.69, 9.17) is 10.7 Å². The zero-order chi connectivity index (χ0) is 21.0. The summed E-state index contributed by atoms with van der Waals surface area (Å²) in [4.78, 5) is 5.13. The summed E-state index contributed by atoms with van der Waals surface area (Å²) < 4.78 is 0.